The van der Waals surface area contributed by atoms with Gasteiger partial charge >= 0.3 is 5.71 Å². The van der Waals surface area contributed by atoms with Crippen LogP contribution in [0, 0.1) is 20.8 Å². The quantitative estimate of drug-likeness (QED) is 0.359. The molecule has 0 aliphatic rings. The summed E-state index contributed by atoms with van der Waals surface area (Å²) >= 11 is 18.0. The maximum absolute atomic E-state index is 13.1. The van der Waals surface area contributed by atoms with Crippen molar-refractivity contribution < 1.29 is 9.53 Å². The first kappa shape index (κ1) is 22.5. The van der Waals surface area contributed by atoms with Crippen molar-refractivity contribution in [3.63, 3.8) is 0 Å². The lowest BCUT2D eigenvalue weighted by molar-refractivity contribution is 0.0607. The molecule has 0 fully saturated rings. The Morgan fingerprint density at radius 2 is 1.52 bits per heavy atom. The van der Waals surface area contributed by atoms with E-state index in [1.807, 2.05) is 30.3 Å². The average Bonchev–Trinajstić information content (AvgIpc) is 2.53. The maximum atomic E-state index is 13.1. The zero-order valence-corrected chi connectivity index (χ0v) is 19.3. The molecule has 0 spiro atoms. The van der Waals surface area contributed by atoms with Crippen LogP contribution in [-0.4, -0.2) is 15.1 Å². The smallest absolute Gasteiger partial charge is 0.331 e. The molecule has 1 atom stereocenters. The van der Waals surface area contributed by atoms with Gasteiger partial charge in [-0.2, -0.15) is 0 Å². The summed E-state index contributed by atoms with van der Waals surface area (Å²) in [6.07, 6.45) is 0.589. The summed E-state index contributed by atoms with van der Waals surface area (Å²) in [7, 11) is -1.28. The highest BCUT2D eigenvalue weighted by molar-refractivity contribution is 7.80. The van der Waals surface area contributed by atoms with Crippen molar-refractivity contribution in [2.45, 2.75) is 50.2 Å². The number of alkyl halides is 3. The molecule has 1 unspecified atom stereocenters. The van der Waals surface area contributed by atoms with E-state index in [-0.39, 0.29) is 5.71 Å². The Bertz CT molecular complexity index is 791. The number of halogens is 3. The van der Waals surface area contributed by atoms with Gasteiger partial charge < -0.3 is 4.74 Å². The molecule has 0 aliphatic heterocycles. The van der Waals surface area contributed by atoms with E-state index in [1.54, 1.807) is 13.8 Å². The highest BCUT2D eigenvalue weighted by Gasteiger charge is 2.45. The molecular formula is C21H24Cl3O2P. The van der Waals surface area contributed by atoms with Crippen LogP contribution in [0.3, 0.4) is 0 Å². The molecule has 146 valence electrons. The van der Waals surface area contributed by atoms with Gasteiger partial charge in [0.2, 0.25) is 3.79 Å². The number of carbonyl (C=O) groups is 1. The third-order valence-corrected chi connectivity index (χ3v) is 7.92. The number of hydrogen-bond donors (Lipinski definition) is 0. The molecule has 2 aromatic rings. The van der Waals surface area contributed by atoms with E-state index < -0.39 is 17.3 Å². The Balaban J connectivity index is 2.41. The second-order valence-electron chi connectivity index (χ2n) is 7.18. The number of carbonyl (C=O) groups excluding carboxylic acids is 1. The Kier molecular flexibility index (Phi) is 7.25. The SMILES string of the molecule is Cc1cc(C)c(CP(C(=O)OC(C)(C)C(Cl)(Cl)Cl)c2ccccc2)c(C)c1. The number of hydrogen-bond acceptors (Lipinski definition) is 2. The van der Waals surface area contributed by atoms with Crippen LogP contribution in [0.5, 0.6) is 0 Å². The standard InChI is InChI=1S/C21H24Cl3O2P/c1-14-11-15(2)18(16(3)12-14)13-27(17-9-7-6-8-10-17)19(25)26-20(4,5)21(22,23)24/h6-12H,13H2,1-5H3. The maximum Gasteiger partial charge on any atom is 0.331 e. The first-order valence-corrected chi connectivity index (χ1v) is 11.3. The Morgan fingerprint density at radius 1 is 1.00 bits per heavy atom. The van der Waals surface area contributed by atoms with Gasteiger partial charge in [-0.3, -0.25) is 0 Å². The van der Waals surface area contributed by atoms with Crippen LogP contribution in [0.2, 0.25) is 0 Å². The Morgan fingerprint density at radius 3 is 2.00 bits per heavy atom. The number of benzene rings is 2. The van der Waals surface area contributed by atoms with Crippen LogP contribution in [0.4, 0.5) is 4.79 Å². The van der Waals surface area contributed by atoms with Gasteiger partial charge in [0.05, 0.1) is 0 Å². The van der Waals surface area contributed by atoms with Gasteiger partial charge in [0.25, 0.3) is 0 Å². The van der Waals surface area contributed by atoms with Gasteiger partial charge in [0.1, 0.15) is 0 Å². The van der Waals surface area contributed by atoms with E-state index in [9.17, 15) is 4.79 Å². The van der Waals surface area contributed by atoms with Crippen molar-refractivity contribution in [3.05, 3.63) is 64.7 Å². The summed E-state index contributed by atoms with van der Waals surface area (Å²) in [6, 6.07) is 14.0. The highest BCUT2D eigenvalue weighted by Crippen LogP contribution is 2.47. The summed E-state index contributed by atoms with van der Waals surface area (Å²) in [4.78, 5) is 13.1. The molecule has 0 N–H and O–H groups in total. The molecule has 2 aromatic carbocycles. The van der Waals surface area contributed by atoms with E-state index in [0.717, 1.165) is 5.30 Å². The first-order chi connectivity index (χ1) is 12.4. The van der Waals surface area contributed by atoms with Crippen LogP contribution < -0.4 is 5.30 Å². The fourth-order valence-electron chi connectivity index (χ4n) is 2.82. The van der Waals surface area contributed by atoms with Gasteiger partial charge in [-0.05, 0) is 56.6 Å². The first-order valence-electron chi connectivity index (χ1n) is 8.61. The molecule has 27 heavy (non-hydrogen) atoms. The van der Waals surface area contributed by atoms with Crippen molar-refractivity contribution >= 4 is 53.7 Å². The van der Waals surface area contributed by atoms with E-state index in [0.29, 0.717) is 6.16 Å². The van der Waals surface area contributed by atoms with Crippen molar-refractivity contribution in [3.8, 4) is 0 Å². The van der Waals surface area contributed by atoms with E-state index in [2.05, 4.69) is 32.9 Å². The Labute approximate surface area is 177 Å². The largest absolute Gasteiger partial charge is 0.452 e. The van der Waals surface area contributed by atoms with Crippen LogP contribution in [0.1, 0.15) is 36.1 Å². The predicted molar refractivity (Wildman–Crippen MR) is 118 cm³/mol. The van der Waals surface area contributed by atoms with E-state index >= 15 is 0 Å². The van der Waals surface area contributed by atoms with Gasteiger partial charge in [-0.15, -0.1) is 0 Å². The minimum absolute atomic E-state index is 0.341. The third kappa shape index (κ3) is 5.61. The summed E-state index contributed by atoms with van der Waals surface area (Å²) in [5.41, 5.74) is 3.14. The minimum Gasteiger partial charge on any atom is -0.452 e. The molecule has 0 saturated carbocycles. The van der Waals surface area contributed by atoms with Crippen LogP contribution in [0.25, 0.3) is 0 Å². The molecule has 0 amide bonds. The number of ether oxygens (including phenoxy) is 1. The topological polar surface area (TPSA) is 26.3 Å². The van der Waals surface area contributed by atoms with Crippen LogP contribution in [0.15, 0.2) is 42.5 Å². The molecule has 0 aromatic heterocycles. The molecule has 2 nitrogen and oxygen atoms in total. The van der Waals surface area contributed by atoms with Crippen molar-refractivity contribution in [1.82, 2.24) is 0 Å². The lowest BCUT2D eigenvalue weighted by Crippen LogP contribution is -2.41. The summed E-state index contributed by atoms with van der Waals surface area (Å²) in [6.45, 7) is 9.44. The average molecular weight is 446 g/mol. The van der Waals surface area contributed by atoms with Crippen LogP contribution >= 0.6 is 42.7 Å². The van der Waals surface area contributed by atoms with E-state index in [1.165, 1.54) is 22.3 Å². The van der Waals surface area contributed by atoms with Gasteiger partial charge in [-0.25, -0.2) is 4.79 Å². The minimum atomic E-state index is -1.71. The van der Waals surface area contributed by atoms with Crippen molar-refractivity contribution in [2.24, 2.45) is 0 Å². The fraction of sp³-hybridized carbons (Fsp3) is 0.381. The summed E-state index contributed by atoms with van der Waals surface area (Å²) < 4.78 is 3.98. The second kappa shape index (κ2) is 8.70. The summed E-state index contributed by atoms with van der Waals surface area (Å²) in [5.74, 6) is 0. The number of rotatable bonds is 5. The molecule has 0 saturated heterocycles. The highest BCUT2D eigenvalue weighted by atomic mass is 35.6. The normalized spacial score (nSPS) is 13.3. The monoisotopic (exact) mass is 444 g/mol. The molecule has 0 heterocycles. The fourth-order valence-corrected chi connectivity index (χ4v) is 5.14. The Hall–Kier alpha value is -0.790. The van der Waals surface area contributed by atoms with Gasteiger partial charge in [0.15, 0.2) is 5.60 Å². The van der Waals surface area contributed by atoms with E-state index in [4.69, 9.17) is 39.5 Å². The molecule has 0 bridgehead atoms. The molecular weight excluding hydrogens is 422 g/mol. The molecule has 2 rings (SSSR count). The third-order valence-electron chi connectivity index (χ3n) is 4.47. The lowest BCUT2D eigenvalue weighted by Gasteiger charge is -2.33. The molecule has 0 radical (unpaired) electrons. The van der Waals surface area contributed by atoms with Gasteiger partial charge in [0, 0.05) is 14.1 Å². The zero-order chi connectivity index (χ0) is 20.4. The van der Waals surface area contributed by atoms with Crippen molar-refractivity contribution in [1.29, 1.82) is 0 Å². The van der Waals surface area contributed by atoms with Crippen LogP contribution in [-0.2, 0) is 10.9 Å². The molecule has 6 heteroatoms. The molecule has 0 aliphatic carbocycles. The van der Waals surface area contributed by atoms with Gasteiger partial charge in [-0.1, -0.05) is 82.8 Å². The predicted octanol–water partition coefficient (Wildman–Crippen LogP) is 7.20. The van der Waals surface area contributed by atoms with Crippen molar-refractivity contribution in [2.75, 3.05) is 0 Å². The lowest BCUT2D eigenvalue weighted by atomic mass is 10.0. The summed E-state index contributed by atoms with van der Waals surface area (Å²) in [5, 5.41) is 0.942. The second-order valence-corrected chi connectivity index (χ2v) is 11.5. The zero-order valence-electron chi connectivity index (χ0n) is 16.1. The number of aryl methyl sites for hydroxylation is 3.